The molecule has 8 bridgehead atoms. The number of fused-ring (bicyclic) bond motifs is 8. The van der Waals surface area contributed by atoms with Gasteiger partial charge in [-0.05, 0) is 174 Å². The average molecular weight is 1550 g/mol. The number of ether oxygens (including phenoxy) is 12. The third-order valence-electron chi connectivity index (χ3n) is 20.7. The van der Waals surface area contributed by atoms with Gasteiger partial charge in [0.1, 0.15) is 24.8 Å². The van der Waals surface area contributed by atoms with Crippen LogP contribution >= 0.6 is 25.3 Å². The minimum Gasteiger partial charge on any atom is -0.464 e. The molecular weight excluding hydrogens is 1420 g/mol. The van der Waals surface area contributed by atoms with Gasteiger partial charge in [-0.3, -0.25) is 0 Å². The Morgan fingerprint density at radius 2 is 0.500 bits per heavy atom. The van der Waals surface area contributed by atoms with Crippen molar-refractivity contribution in [2.75, 3.05) is 157 Å². The number of aromatic amines is 4. The molecule has 6 aromatic rings. The largest absolute Gasteiger partial charge is 0.464 e. The van der Waals surface area contributed by atoms with Crippen molar-refractivity contribution in [1.82, 2.24) is 19.9 Å². The summed E-state index contributed by atoms with van der Waals surface area (Å²) in [4.78, 5) is 41.9. The first-order valence-corrected chi connectivity index (χ1v) is 41.6. The van der Waals surface area contributed by atoms with Gasteiger partial charge in [0.05, 0.1) is 130 Å². The molecule has 0 fully saturated rings. The summed E-state index contributed by atoms with van der Waals surface area (Å²) >= 11 is 8.58. The van der Waals surface area contributed by atoms with E-state index < -0.39 is 33.6 Å². The molecule has 0 saturated carbocycles. The summed E-state index contributed by atoms with van der Waals surface area (Å²) in [5, 5.41) is 0. The second-order valence-electron chi connectivity index (χ2n) is 29.4. The molecule has 1 aliphatic heterocycles. The highest BCUT2D eigenvalue weighted by Gasteiger charge is 2.44. The number of thiol groups is 2. The van der Waals surface area contributed by atoms with Crippen molar-refractivity contribution in [2.45, 2.75) is 203 Å². The SMILES string of the molecule is CC1(C)c2ccc([nH]2)C(CCCOC(=O)COCCOCCOCCOCCOCCCCCCCCCCCCS)(c2ccc(F)cc2)c2ccc([nH]2)C(C)(C)c2ccc([nH]2)C(CCCOC(=O)COCCOCCOCCOCCOCCCCCCCCCCCCS)(c2ccc(F)cc2)c2ccc1[nH]2. The Labute approximate surface area is 654 Å². The van der Waals surface area contributed by atoms with Crippen molar-refractivity contribution < 1.29 is 75.2 Å². The molecule has 0 aliphatic carbocycles. The highest BCUT2D eigenvalue weighted by atomic mass is 32.1. The van der Waals surface area contributed by atoms with Gasteiger partial charge in [-0.15, -0.1) is 0 Å². The minimum atomic E-state index is -0.916. The molecule has 108 heavy (non-hydrogen) atoms. The molecule has 5 heterocycles. The maximum atomic E-state index is 15.0. The molecule has 7 rings (SSSR count). The second-order valence-corrected chi connectivity index (χ2v) is 30.3. The zero-order chi connectivity index (χ0) is 76.7. The average Bonchev–Trinajstić information content (AvgIpc) is 1.56. The molecule has 1 aliphatic rings. The Balaban J connectivity index is 0.860. The van der Waals surface area contributed by atoms with Crippen LogP contribution in [-0.4, -0.2) is 189 Å². The number of hydrogen-bond acceptors (Lipinski definition) is 16. The molecule has 0 saturated heterocycles. The number of nitrogens with one attached hydrogen (secondary N) is 4. The molecule has 0 atom stereocenters. The highest BCUT2D eigenvalue weighted by molar-refractivity contribution is 7.80. The fraction of sp³-hybridized carbons (Fsp3) is 0.651. The van der Waals surface area contributed by atoms with E-state index in [4.69, 9.17) is 56.8 Å². The van der Waals surface area contributed by atoms with Crippen LogP contribution in [0.2, 0.25) is 0 Å². The fourth-order valence-corrected chi connectivity index (χ4v) is 14.6. The Hall–Kier alpha value is -5.34. The van der Waals surface area contributed by atoms with E-state index in [-0.39, 0.29) is 51.3 Å². The van der Waals surface area contributed by atoms with E-state index in [2.05, 4.69) is 121 Å². The first-order chi connectivity index (χ1) is 52.7. The molecule has 0 radical (unpaired) electrons. The van der Waals surface area contributed by atoms with E-state index in [1.807, 2.05) is 24.3 Å². The van der Waals surface area contributed by atoms with E-state index in [1.165, 1.54) is 140 Å². The molecule has 22 heteroatoms. The molecule has 4 N–H and O–H groups in total. The maximum absolute atomic E-state index is 15.0. The smallest absolute Gasteiger partial charge is 0.332 e. The van der Waals surface area contributed by atoms with Crippen LogP contribution in [0, 0.1) is 11.6 Å². The van der Waals surface area contributed by atoms with Crippen LogP contribution in [0.15, 0.2) is 97.1 Å². The number of esters is 2. The summed E-state index contributed by atoms with van der Waals surface area (Å²) in [7, 11) is 0. The van der Waals surface area contributed by atoms with Gasteiger partial charge in [0, 0.05) is 69.6 Å². The van der Waals surface area contributed by atoms with Crippen LogP contribution in [0.3, 0.4) is 0 Å². The Bertz CT molecular complexity index is 3010. The molecule has 18 nitrogen and oxygen atoms in total. The van der Waals surface area contributed by atoms with Crippen molar-refractivity contribution in [3.05, 3.63) is 165 Å². The number of aromatic nitrogens is 4. The van der Waals surface area contributed by atoms with Crippen molar-refractivity contribution in [1.29, 1.82) is 0 Å². The van der Waals surface area contributed by atoms with Crippen LogP contribution < -0.4 is 0 Å². The standard InChI is InChI=1S/C86H130F2N4O14S2/c1-83(2)73-35-39-77(89-73)85(69-27-31-71(87)32-28-69,43-25-47-105-81(93)67-103-63-61-101-59-57-99-55-53-97-51-49-95-45-21-17-13-9-5-7-11-15-19-23-65-107)79-41-37-75(91-79)84(3,4)76-38-42-80(92-76)86(78-40-36-74(83)90-78,70-29-33-72(88)34-30-70)44-26-48-106-82(94)68-104-64-62-102-60-58-100-56-54-98-52-50-96-46-22-18-14-10-6-8-12-16-20-24-66-108/h27-42,89-92,107-108H,5-26,43-68H2,1-4H3. The molecule has 2 aromatic carbocycles. The van der Waals surface area contributed by atoms with Gasteiger partial charge >= 0.3 is 11.9 Å². The van der Waals surface area contributed by atoms with Gasteiger partial charge < -0.3 is 76.8 Å². The molecule has 0 amide bonds. The van der Waals surface area contributed by atoms with Crippen LogP contribution in [0.25, 0.3) is 0 Å². The number of H-pyrrole nitrogens is 4. The summed E-state index contributed by atoms with van der Waals surface area (Å²) < 4.78 is 98.4. The van der Waals surface area contributed by atoms with E-state index in [0.717, 1.165) is 94.2 Å². The summed E-state index contributed by atoms with van der Waals surface area (Å²) in [6.45, 7) is 16.6. The Morgan fingerprint density at radius 1 is 0.278 bits per heavy atom. The van der Waals surface area contributed by atoms with Crippen molar-refractivity contribution >= 4 is 37.2 Å². The van der Waals surface area contributed by atoms with Gasteiger partial charge in [0.25, 0.3) is 0 Å². The number of halogens is 2. The van der Waals surface area contributed by atoms with Crippen LogP contribution in [-0.2, 0) is 88.1 Å². The predicted octanol–water partition coefficient (Wildman–Crippen LogP) is 17.4. The van der Waals surface area contributed by atoms with Crippen LogP contribution in [0.5, 0.6) is 0 Å². The lowest BCUT2D eigenvalue weighted by Crippen LogP contribution is -2.33. The van der Waals surface area contributed by atoms with E-state index in [0.29, 0.717) is 118 Å². The Morgan fingerprint density at radius 3 is 0.759 bits per heavy atom. The van der Waals surface area contributed by atoms with Gasteiger partial charge in [-0.2, -0.15) is 25.3 Å². The first-order valence-electron chi connectivity index (χ1n) is 40.4. The number of benzene rings is 2. The minimum absolute atomic E-state index is 0.107. The zero-order valence-electron chi connectivity index (χ0n) is 65.5. The topological polar surface area (TPSA) is 208 Å². The lowest BCUT2D eigenvalue weighted by molar-refractivity contribution is -0.150. The monoisotopic (exact) mass is 1540 g/mol. The number of carbonyl (C=O) groups excluding carboxylic acids is 2. The lowest BCUT2D eigenvalue weighted by atomic mass is 9.71. The van der Waals surface area contributed by atoms with Crippen LogP contribution in [0.1, 0.15) is 238 Å². The van der Waals surface area contributed by atoms with Gasteiger partial charge in [-0.25, -0.2) is 18.4 Å². The lowest BCUT2D eigenvalue weighted by Gasteiger charge is -2.35. The number of unbranched alkanes of at least 4 members (excludes halogenated alkanes) is 18. The zero-order valence-corrected chi connectivity index (χ0v) is 67.3. The van der Waals surface area contributed by atoms with Gasteiger partial charge in [-0.1, -0.05) is 127 Å². The third-order valence-corrected chi connectivity index (χ3v) is 21.3. The summed E-state index contributed by atoms with van der Waals surface area (Å²) in [5.74, 6) is 0.297. The van der Waals surface area contributed by atoms with Crippen LogP contribution in [0.4, 0.5) is 8.78 Å². The number of carbonyl (C=O) groups is 2. The second kappa shape index (κ2) is 52.1. The molecular formula is C86H130F2N4O14S2. The highest BCUT2D eigenvalue weighted by Crippen LogP contribution is 2.48. The van der Waals surface area contributed by atoms with Gasteiger partial charge in [0.2, 0.25) is 0 Å². The number of hydrogen-bond donors (Lipinski definition) is 6. The Kier molecular flexibility index (Phi) is 43.3. The third kappa shape index (κ3) is 30.6. The fourth-order valence-electron chi connectivity index (χ4n) is 14.2. The van der Waals surface area contributed by atoms with Crippen molar-refractivity contribution in [3.8, 4) is 0 Å². The molecule has 0 unspecified atom stereocenters. The quantitative estimate of drug-likeness (QED) is 0.0119. The van der Waals surface area contributed by atoms with E-state index in [9.17, 15) is 9.59 Å². The van der Waals surface area contributed by atoms with E-state index in [1.54, 1.807) is 0 Å². The predicted molar refractivity (Wildman–Crippen MR) is 429 cm³/mol. The molecule has 4 aromatic heterocycles. The number of rotatable bonds is 62. The normalized spacial score (nSPS) is 16.0. The van der Waals surface area contributed by atoms with Crippen molar-refractivity contribution in [3.63, 3.8) is 0 Å². The molecule has 604 valence electrons. The summed E-state index contributed by atoms with van der Waals surface area (Å²) in [5.41, 5.74) is 5.58. The maximum Gasteiger partial charge on any atom is 0.332 e. The van der Waals surface area contributed by atoms with Crippen molar-refractivity contribution in [2.24, 2.45) is 0 Å². The molecule has 0 spiro atoms. The van der Waals surface area contributed by atoms with E-state index >= 15 is 8.78 Å². The first kappa shape index (κ1) is 89.9. The summed E-state index contributed by atoms with van der Waals surface area (Å²) in [6.07, 6.45) is 27.4. The van der Waals surface area contributed by atoms with Gasteiger partial charge in [0.15, 0.2) is 0 Å². The summed E-state index contributed by atoms with van der Waals surface area (Å²) in [6, 6.07) is 30.0.